The normalized spacial score (nSPS) is 17.3. The van der Waals surface area contributed by atoms with E-state index in [1.807, 2.05) is 89.6 Å². The molecular formula is C35H44N6O4Si. The van der Waals surface area contributed by atoms with Gasteiger partial charge in [0.25, 0.3) is 0 Å². The number of carbonyl (C=O) groups is 2. The van der Waals surface area contributed by atoms with Crippen LogP contribution >= 0.6 is 0 Å². The zero-order chi connectivity index (χ0) is 32.5. The average Bonchev–Trinajstić information content (AvgIpc) is 3.55. The number of aromatic nitrogens is 3. The number of benzene rings is 3. The van der Waals surface area contributed by atoms with Crippen LogP contribution in [0.2, 0.25) is 19.6 Å². The average molecular weight is 641 g/mol. The van der Waals surface area contributed by atoms with Crippen molar-refractivity contribution in [3.05, 3.63) is 108 Å². The number of rotatable bonds is 12. The third-order valence-electron chi connectivity index (χ3n) is 8.28. The maximum absolute atomic E-state index is 14.0. The number of carbonyl (C=O) groups excluding carboxylic acids is 2. The van der Waals surface area contributed by atoms with Crippen LogP contribution in [0.1, 0.15) is 29.0 Å². The van der Waals surface area contributed by atoms with Gasteiger partial charge in [0.1, 0.15) is 14.1 Å². The van der Waals surface area contributed by atoms with E-state index in [0.29, 0.717) is 25.3 Å². The summed E-state index contributed by atoms with van der Waals surface area (Å²) in [5, 5.41) is 19.3. The second-order valence-corrected chi connectivity index (χ2v) is 17.7. The van der Waals surface area contributed by atoms with Crippen molar-refractivity contribution in [1.29, 1.82) is 0 Å². The van der Waals surface area contributed by atoms with Crippen molar-refractivity contribution in [2.45, 2.75) is 63.1 Å². The van der Waals surface area contributed by atoms with E-state index in [4.69, 9.17) is 9.47 Å². The first-order valence-corrected chi connectivity index (χ1v) is 19.3. The van der Waals surface area contributed by atoms with E-state index >= 15 is 0 Å². The van der Waals surface area contributed by atoms with Crippen molar-refractivity contribution >= 4 is 31.1 Å². The van der Waals surface area contributed by atoms with E-state index in [1.165, 1.54) is 7.11 Å². The Morgan fingerprint density at radius 3 is 2.24 bits per heavy atom. The van der Waals surface area contributed by atoms with Crippen LogP contribution in [0.5, 0.6) is 0 Å². The number of anilines is 1. The molecule has 1 unspecified atom stereocenters. The maximum Gasteiger partial charge on any atom is 0.407 e. The van der Waals surface area contributed by atoms with Crippen LogP contribution < -0.4 is 21.3 Å². The molecule has 0 spiro atoms. The van der Waals surface area contributed by atoms with Gasteiger partial charge in [-0.25, -0.2) is 4.79 Å². The molecule has 1 aliphatic rings. The van der Waals surface area contributed by atoms with Crippen LogP contribution in [-0.2, 0) is 27.2 Å². The fourth-order valence-electron chi connectivity index (χ4n) is 5.70. The number of para-hydroxylation sites is 1. The minimum atomic E-state index is -1.50. The molecule has 242 valence electrons. The summed E-state index contributed by atoms with van der Waals surface area (Å²) < 4.78 is 13.1. The zero-order valence-electron chi connectivity index (χ0n) is 27.0. The van der Waals surface area contributed by atoms with Gasteiger partial charge in [-0.2, -0.15) is 0 Å². The first kappa shape index (κ1) is 33.1. The van der Waals surface area contributed by atoms with E-state index in [1.54, 1.807) is 0 Å². The number of aryl methyl sites for hydroxylation is 1. The standard InChI is InChI=1S/C35H44N6O4Si/c1-44-35(43)38-33(32(26-14-7-5-8-15-26)27-16-9-6-10-17-27)34(42)37-30-18-12-11-13-25(30)19-20-29-21-36-28(24-45-29)22-41-23-31(39-40-41)46(2,3)4/h5-18,23,28-29,32-33,36H,19-22,24H2,1-4H3,(H,37,42)(H,38,43)/t28-,29-,33?/m1/s1. The third kappa shape index (κ3) is 8.68. The van der Waals surface area contributed by atoms with Gasteiger partial charge >= 0.3 is 6.09 Å². The molecule has 10 nitrogen and oxygen atoms in total. The second-order valence-electron chi connectivity index (χ2n) is 12.7. The minimum Gasteiger partial charge on any atom is -0.453 e. The Bertz CT molecular complexity index is 1530. The summed E-state index contributed by atoms with van der Waals surface area (Å²) in [6.07, 6.45) is 2.94. The minimum absolute atomic E-state index is 0.0441. The third-order valence-corrected chi connectivity index (χ3v) is 10.1. The summed E-state index contributed by atoms with van der Waals surface area (Å²) in [6, 6.07) is 26.4. The monoisotopic (exact) mass is 640 g/mol. The number of nitrogens with zero attached hydrogens (tertiary/aromatic N) is 3. The van der Waals surface area contributed by atoms with Crippen LogP contribution in [0.3, 0.4) is 0 Å². The van der Waals surface area contributed by atoms with E-state index in [0.717, 1.165) is 35.0 Å². The number of amides is 2. The van der Waals surface area contributed by atoms with Crippen molar-refractivity contribution in [2.24, 2.45) is 0 Å². The molecule has 11 heteroatoms. The summed E-state index contributed by atoms with van der Waals surface area (Å²) in [7, 11) is -0.202. The van der Waals surface area contributed by atoms with Crippen molar-refractivity contribution < 1.29 is 19.1 Å². The highest BCUT2D eigenvalue weighted by Gasteiger charge is 2.33. The number of morpholine rings is 1. The fraction of sp³-hybridized carbons (Fsp3) is 0.371. The molecule has 3 N–H and O–H groups in total. The van der Waals surface area contributed by atoms with Crippen molar-refractivity contribution in [3.8, 4) is 0 Å². The number of hydrogen-bond acceptors (Lipinski definition) is 7. The molecular weight excluding hydrogens is 597 g/mol. The number of alkyl carbamates (subject to hydrolysis) is 1. The maximum atomic E-state index is 14.0. The largest absolute Gasteiger partial charge is 0.453 e. The lowest BCUT2D eigenvalue weighted by molar-refractivity contribution is -0.118. The van der Waals surface area contributed by atoms with Gasteiger partial charge in [-0.15, -0.1) is 5.10 Å². The second kappa shape index (κ2) is 15.3. The predicted octanol–water partition coefficient (Wildman–Crippen LogP) is 4.31. The van der Waals surface area contributed by atoms with E-state index in [-0.39, 0.29) is 18.1 Å². The lowest BCUT2D eigenvalue weighted by atomic mass is 9.84. The van der Waals surface area contributed by atoms with Crippen LogP contribution in [0.4, 0.5) is 10.5 Å². The molecule has 0 aliphatic carbocycles. The number of ether oxygens (including phenoxy) is 2. The Hall–Kier alpha value is -4.32. The molecule has 4 aromatic rings. The van der Waals surface area contributed by atoms with Gasteiger partial charge in [-0.3, -0.25) is 9.48 Å². The molecule has 1 fully saturated rings. The van der Waals surface area contributed by atoms with Gasteiger partial charge in [-0.1, -0.05) is 104 Å². The highest BCUT2D eigenvalue weighted by atomic mass is 28.3. The molecule has 5 rings (SSSR count). The fourth-order valence-corrected chi connectivity index (χ4v) is 6.58. The Balaban J connectivity index is 1.24. The smallest absolute Gasteiger partial charge is 0.407 e. The molecule has 1 saturated heterocycles. The molecule has 46 heavy (non-hydrogen) atoms. The summed E-state index contributed by atoms with van der Waals surface area (Å²) in [4.78, 5) is 26.5. The molecule has 0 bridgehead atoms. The molecule has 1 aromatic heterocycles. The Morgan fingerprint density at radius 1 is 1.00 bits per heavy atom. The molecule has 2 heterocycles. The highest BCUT2D eigenvalue weighted by molar-refractivity contribution is 6.88. The lowest BCUT2D eigenvalue weighted by Gasteiger charge is -2.30. The predicted molar refractivity (Wildman–Crippen MR) is 182 cm³/mol. The van der Waals surface area contributed by atoms with Crippen LogP contribution in [0.25, 0.3) is 0 Å². The van der Waals surface area contributed by atoms with Crippen molar-refractivity contribution in [1.82, 2.24) is 25.6 Å². The van der Waals surface area contributed by atoms with Gasteiger partial charge in [0, 0.05) is 24.3 Å². The highest BCUT2D eigenvalue weighted by Crippen LogP contribution is 2.30. The van der Waals surface area contributed by atoms with Crippen LogP contribution in [-0.4, -0.2) is 73.5 Å². The van der Waals surface area contributed by atoms with Gasteiger partial charge in [0.2, 0.25) is 5.91 Å². The summed E-state index contributed by atoms with van der Waals surface area (Å²) in [5.41, 5.74) is 3.50. The lowest BCUT2D eigenvalue weighted by Crippen LogP contribution is -2.48. The van der Waals surface area contributed by atoms with E-state index in [9.17, 15) is 9.59 Å². The van der Waals surface area contributed by atoms with E-state index in [2.05, 4.69) is 52.1 Å². The summed E-state index contributed by atoms with van der Waals surface area (Å²) >= 11 is 0. The summed E-state index contributed by atoms with van der Waals surface area (Å²) in [5.74, 6) is -0.776. The zero-order valence-corrected chi connectivity index (χ0v) is 28.0. The Morgan fingerprint density at radius 2 is 1.65 bits per heavy atom. The van der Waals surface area contributed by atoms with Gasteiger partial charge in [0.15, 0.2) is 0 Å². The Kier molecular flexibility index (Phi) is 11.0. The Labute approximate surface area is 271 Å². The first-order chi connectivity index (χ1) is 22.2. The molecule has 0 radical (unpaired) electrons. The van der Waals surface area contributed by atoms with Gasteiger partial charge in [0.05, 0.1) is 37.7 Å². The molecule has 1 aliphatic heterocycles. The van der Waals surface area contributed by atoms with Crippen molar-refractivity contribution in [2.75, 3.05) is 25.6 Å². The van der Waals surface area contributed by atoms with Gasteiger partial charge < -0.3 is 25.4 Å². The topological polar surface area (TPSA) is 119 Å². The molecule has 2 amide bonds. The van der Waals surface area contributed by atoms with Crippen LogP contribution in [0, 0.1) is 0 Å². The first-order valence-electron chi connectivity index (χ1n) is 15.8. The molecule has 3 atom stereocenters. The molecule has 0 saturated carbocycles. The van der Waals surface area contributed by atoms with Gasteiger partial charge in [-0.05, 0) is 35.6 Å². The number of nitrogens with one attached hydrogen (secondary N) is 3. The molecule has 3 aromatic carbocycles. The van der Waals surface area contributed by atoms with E-state index < -0.39 is 26.1 Å². The van der Waals surface area contributed by atoms with Crippen LogP contribution in [0.15, 0.2) is 91.1 Å². The summed E-state index contributed by atoms with van der Waals surface area (Å²) in [6.45, 7) is 8.83. The van der Waals surface area contributed by atoms with Crippen molar-refractivity contribution in [3.63, 3.8) is 0 Å². The SMILES string of the molecule is COC(=O)NC(C(=O)Nc1ccccc1CC[C@@H]1CN[C@H](Cn2cc([Si](C)(C)C)nn2)CO1)C(c1ccccc1)c1ccccc1. The number of hydrogen-bond donors (Lipinski definition) is 3. The quantitative estimate of drug-likeness (QED) is 0.198. The number of methoxy groups -OCH3 is 1.